The average molecular weight is 295 g/mol. The van der Waals surface area contributed by atoms with Crippen molar-refractivity contribution >= 4 is 0 Å². The normalized spacial score (nSPS) is 36.6. The first kappa shape index (κ1) is 15.8. The number of hydrogen-bond donors (Lipinski definition) is 1. The predicted octanol–water partition coefficient (Wildman–Crippen LogP) is 3.52. The van der Waals surface area contributed by atoms with Crippen LogP contribution in [0.25, 0.3) is 0 Å². The van der Waals surface area contributed by atoms with Crippen LogP contribution in [0.5, 0.6) is 0 Å². The molecule has 1 N–H and O–H groups in total. The summed E-state index contributed by atoms with van der Waals surface area (Å²) in [6.45, 7) is 3.73. The van der Waals surface area contributed by atoms with Crippen LogP contribution in [-0.4, -0.2) is 38.5 Å². The van der Waals surface area contributed by atoms with Gasteiger partial charge in [0.25, 0.3) is 0 Å². The van der Waals surface area contributed by atoms with Crippen molar-refractivity contribution in [1.29, 1.82) is 0 Å². The molecule has 3 aliphatic rings. The van der Waals surface area contributed by atoms with Crippen molar-refractivity contribution in [3.8, 4) is 0 Å². The fourth-order valence-corrected chi connectivity index (χ4v) is 4.53. The third-order valence-electron chi connectivity index (χ3n) is 5.77. The van der Waals surface area contributed by atoms with E-state index in [4.69, 9.17) is 9.47 Å². The van der Waals surface area contributed by atoms with E-state index in [0.717, 1.165) is 50.7 Å². The molecule has 0 spiro atoms. The van der Waals surface area contributed by atoms with Gasteiger partial charge in [0, 0.05) is 19.3 Å². The van der Waals surface area contributed by atoms with Crippen LogP contribution < -0.4 is 5.32 Å². The van der Waals surface area contributed by atoms with Gasteiger partial charge in [0.05, 0.1) is 12.7 Å². The maximum Gasteiger partial charge on any atom is 0.0809 e. The van der Waals surface area contributed by atoms with Crippen LogP contribution in [0, 0.1) is 11.8 Å². The van der Waals surface area contributed by atoms with Gasteiger partial charge in [-0.1, -0.05) is 25.7 Å². The maximum atomic E-state index is 5.73. The van der Waals surface area contributed by atoms with Gasteiger partial charge in [-0.2, -0.15) is 0 Å². The van der Waals surface area contributed by atoms with Crippen molar-refractivity contribution in [3.63, 3.8) is 0 Å². The Kier molecular flexibility index (Phi) is 6.38. The lowest BCUT2D eigenvalue weighted by Crippen LogP contribution is -2.39. The molecular weight excluding hydrogens is 262 g/mol. The van der Waals surface area contributed by atoms with Crippen LogP contribution in [0.4, 0.5) is 0 Å². The van der Waals surface area contributed by atoms with Gasteiger partial charge in [0.2, 0.25) is 0 Å². The standard InChI is InChI=1S/C18H33NO2/c1-2-6-16-13-17(9-8-15(16)5-1)19-10-4-11-20-14-18-7-3-12-21-18/h15-19H,1-14H2. The Bertz CT molecular complexity index is 291. The van der Waals surface area contributed by atoms with Crippen molar-refractivity contribution in [2.24, 2.45) is 11.8 Å². The molecule has 3 rings (SSSR count). The minimum Gasteiger partial charge on any atom is -0.379 e. The number of ether oxygens (including phenoxy) is 2. The molecule has 0 aromatic rings. The molecule has 3 fully saturated rings. The van der Waals surface area contributed by atoms with Crippen molar-refractivity contribution in [3.05, 3.63) is 0 Å². The smallest absolute Gasteiger partial charge is 0.0809 e. The second-order valence-electron chi connectivity index (χ2n) is 7.33. The monoisotopic (exact) mass is 295 g/mol. The minimum absolute atomic E-state index is 0.375. The van der Waals surface area contributed by atoms with E-state index in [-0.39, 0.29) is 0 Å². The molecule has 0 aromatic heterocycles. The van der Waals surface area contributed by atoms with E-state index in [1.54, 1.807) is 0 Å². The Hall–Kier alpha value is -0.120. The second-order valence-corrected chi connectivity index (χ2v) is 7.33. The number of hydrogen-bond acceptors (Lipinski definition) is 3. The quantitative estimate of drug-likeness (QED) is 0.729. The van der Waals surface area contributed by atoms with Crippen LogP contribution in [0.2, 0.25) is 0 Å². The molecular formula is C18H33NO2. The second kappa shape index (κ2) is 8.50. The van der Waals surface area contributed by atoms with Crippen LogP contribution in [0.15, 0.2) is 0 Å². The van der Waals surface area contributed by atoms with Gasteiger partial charge < -0.3 is 14.8 Å². The van der Waals surface area contributed by atoms with Gasteiger partial charge in [-0.3, -0.25) is 0 Å². The summed E-state index contributed by atoms with van der Waals surface area (Å²) in [5.41, 5.74) is 0. The highest BCUT2D eigenvalue weighted by Crippen LogP contribution is 2.40. The van der Waals surface area contributed by atoms with Crippen molar-refractivity contribution in [2.75, 3.05) is 26.4 Å². The van der Waals surface area contributed by atoms with Crippen LogP contribution in [-0.2, 0) is 9.47 Å². The van der Waals surface area contributed by atoms with Gasteiger partial charge in [-0.25, -0.2) is 0 Å². The van der Waals surface area contributed by atoms with Gasteiger partial charge in [0.15, 0.2) is 0 Å². The molecule has 21 heavy (non-hydrogen) atoms. The van der Waals surface area contributed by atoms with E-state index in [9.17, 15) is 0 Å². The highest BCUT2D eigenvalue weighted by atomic mass is 16.5. The molecule has 3 nitrogen and oxygen atoms in total. The molecule has 1 aliphatic heterocycles. The fraction of sp³-hybridized carbons (Fsp3) is 1.00. The minimum atomic E-state index is 0.375. The Morgan fingerprint density at radius 3 is 2.71 bits per heavy atom. The summed E-state index contributed by atoms with van der Waals surface area (Å²) in [4.78, 5) is 0. The highest BCUT2D eigenvalue weighted by Gasteiger charge is 2.31. The number of rotatable bonds is 7. The lowest BCUT2D eigenvalue weighted by molar-refractivity contribution is 0.0163. The molecule has 122 valence electrons. The summed E-state index contributed by atoms with van der Waals surface area (Å²) in [5, 5.41) is 3.77. The first-order valence-electron chi connectivity index (χ1n) is 9.34. The van der Waals surface area contributed by atoms with Gasteiger partial charge in [0.1, 0.15) is 0 Å². The predicted molar refractivity (Wildman–Crippen MR) is 85.5 cm³/mol. The van der Waals surface area contributed by atoms with Crippen molar-refractivity contribution in [2.45, 2.75) is 76.4 Å². The SMILES string of the molecule is C(CNC1CCC2CCCCC2C1)COCC1CCCO1. The van der Waals surface area contributed by atoms with Gasteiger partial charge in [-0.05, 0) is 56.9 Å². The molecule has 4 unspecified atom stereocenters. The van der Waals surface area contributed by atoms with Gasteiger partial charge >= 0.3 is 0 Å². The molecule has 1 saturated heterocycles. The van der Waals surface area contributed by atoms with Crippen LogP contribution >= 0.6 is 0 Å². The van der Waals surface area contributed by atoms with E-state index in [1.807, 2.05) is 0 Å². The summed E-state index contributed by atoms with van der Waals surface area (Å²) in [6.07, 6.45) is 14.2. The molecule has 2 saturated carbocycles. The van der Waals surface area contributed by atoms with E-state index in [0.29, 0.717) is 6.10 Å². The van der Waals surface area contributed by atoms with E-state index in [1.165, 1.54) is 57.8 Å². The Labute approximate surface area is 130 Å². The van der Waals surface area contributed by atoms with Crippen LogP contribution in [0.1, 0.15) is 64.2 Å². The van der Waals surface area contributed by atoms with E-state index in [2.05, 4.69) is 5.32 Å². The molecule has 0 aromatic carbocycles. The first-order chi connectivity index (χ1) is 10.4. The van der Waals surface area contributed by atoms with Crippen molar-refractivity contribution in [1.82, 2.24) is 5.32 Å². The zero-order valence-electron chi connectivity index (χ0n) is 13.5. The Morgan fingerprint density at radius 2 is 1.86 bits per heavy atom. The fourth-order valence-electron chi connectivity index (χ4n) is 4.53. The largest absolute Gasteiger partial charge is 0.379 e. The Balaban J connectivity index is 1.21. The zero-order valence-corrected chi connectivity index (χ0v) is 13.5. The lowest BCUT2D eigenvalue weighted by atomic mass is 9.69. The average Bonchev–Trinajstić information content (AvgIpc) is 3.04. The topological polar surface area (TPSA) is 30.5 Å². The summed E-state index contributed by atoms with van der Waals surface area (Å²) in [6, 6.07) is 0.780. The zero-order chi connectivity index (χ0) is 14.3. The van der Waals surface area contributed by atoms with E-state index >= 15 is 0 Å². The Morgan fingerprint density at radius 1 is 0.952 bits per heavy atom. The molecule has 3 heteroatoms. The number of fused-ring (bicyclic) bond motifs is 1. The van der Waals surface area contributed by atoms with Gasteiger partial charge in [-0.15, -0.1) is 0 Å². The van der Waals surface area contributed by atoms with Crippen LogP contribution in [0.3, 0.4) is 0 Å². The third kappa shape index (κ3) is 4.94. The highest BCUT2D eigenvalue weighted by molar-refractivity contribution is 4.86. The molecule has 4 atom stereocenters. The molecule has 0 amide bonds. The molecule has 1 heterocycles. The van der Waals surface area contributed by atoms with E-state index < -0.39 is 0 Å². The maximum absolute atomic E-state index is 5.73. The first-order valence-corrected chi connectivity index (χ1v) is 9.34. The molecule has 0 bridgehead atoms. The summed E-state index contributed by atoms with van der Waals surface area (Å²) < 4.78 is 11.3. The summed E-state index contributed by atoms with van der Waals surface area (Å²) in [7, 11) is 0. The summed E-state index contributed by atoms with van der Waals surface area (Å²) >= 11 is 0. The number of nitrogens with one attached hydrogen (secondary N) is 1. The third-order valence-corrected chi connectivity index (χ3v) is 5.77. The lowest BCUT2D eigenvalue weighted by Gasteiger charge is -2.39. The molecule has 2 aliphatic carbocycles. The molecule has 0 radical (unpaired) electrons. The van der Waals surface area contributed by atoms with Crippen molar-refractivity contribution < 1.29 is 9.47 Å². The summed E-state index contributed by atoms with van der Waals surface area (Å²) in [5.74, 6) is 2.09.